The summed E-state index contributed by atoms with van der Waals surface area (Å²) in [4.78, 5) is 24.6. The third kappa shape index (κ3) is 2.79. The smallest absolute Gasteiger partial charge is 0.322 e. The van der Waals surface area contributed by atoms with Crippen molar-refractivity contribution < 1.29 is 14.6 Å². The second-order valence-corrected chi connectivity index (χ2v) is 4.33. The number of carboxylic acids is 1. The highest BCUT2D eigenvalue weighted by molar-refractivity contribution is 6.28. The van der Waals surface area contributed by atoms with Crippen molar-refractivity contribution in [3.05, 3.63) is 5.28 Å². The third-order valence-corrected chi connectivity index (χ3v) is 3.05. The Kier molecular flexibility index (Phi) is 3.81. The van der Waals surface area contributed by atoms with E-state index in [1.807, 2.05) is 4.90 Å². The topological polar surface area (TPSA) is 88.4 Å². The maximum Gasteiger partial charge on any atom is 0.322 e. The van der Waals surface area contributed by atoms with Gasteiger partial charge in [0, 0.05) is 13.1 Å². The molecule has 1 aromatic rings. The molecule has 1 aliphatic heterocycles. The number of aliphatic carboxylic acids is 1. The molecule has 98 valence electrons. The van der Waals surface area contributed by atoms with E-state index in [-0.39, 0.29) is 17.2 Å². The molecular formula is C10H13ClN4O3. The van der Waals surface area contributed by atoms with Crippen molar-refractivity contribution in [2.75, 3.05) is 25.1 Å². The molecule has 18 heavy (non-hydrogen) atoms. The van der Waals surface area contributed by atoms with Crippen LogP contribution in [0.1, 0.15) is 12.8 Å². The normalized spacial score (nSPS) is 16.7. The molecular weight excluding hydrogens is 260 g/mol. The molecule has 1 N–H and O–H groups in total. The number of halogens is 1. The minimum Gasteiger partial charge on any atom is -0.481 e. The number of nitrogens with zero attached hydrogens (tertiary/aromatic N) is 4. The second-order valence-electron chi connectivity index (χ2n) is 3.99. The zero-order valence-electron chi connectivity index (χ0n) is 9.84. The lowest BCUT2D eigenvalue weighted by Crippen LogP contribution is -2.37. The van der Waals surface area contributed by atoms with Gasteiger partial charge >= 0.3 is 12.0 Å². The quantitative estimate of drug-likeness (QED) is 0.872. The molecule has 1 fully saturated rings. The molecule has 7 nitrogen and oxygen atoms in total. The molecule has 0 saturated carbocycles. The molecule has 1 aliphatic rings. The van der Waals surface area contributed by atoms with E-state index in [1.54, 1.807) is 0 Å². The number of rotatable bonds is 3. The van der Waals surface area contributed by atoms with E-state index >= 15 is 0 Å². The maximum atomic E-state index is 10.9. The monoisotopic (exact) mass is 272 g/mol. The highest BCUT2D eigenvalue weighted by Gasteiger charge is 2.26. The minimum atomic E-state index is -0.749. The second kappa shape index (κ2) is 5.34. The number of carbonyl (C=O) groups is 1. The number of methoxy groups -OCH3 is 1. The average molecular weight is 273 g/mol. The third-order valence-electron chi connectivity index (χ3n) is 2.89. The molecule has 0 atom stereocenters. The van der Waals surface area contributed by atoms with Crippen LogP contribution in [-0.4, -0.2) is 46.2 Å². The van der Waals surface area contributed by atoms with Gasteiger partial charge in [-0.05, 0) is 24.4 Å². The highest BCUT2D eigenvalue weighted by atomic mass is 35.5. The van der Waals surface area contributed by atoms with Crippen LogP contribution < -0.4 is 9.64 Å². The molecule has 0 radical (unpaired) electrons. The van der Waals surface area contributed by atoms with Gasteiger partial charge in [-0.3, -0.25) is 4.79 Å². The van der Waals surface area contributed by atoms with Crippen molar-refractivity contribution in [1.82, 2.24) is 15.0 Å². The Morgan fingerprint density at radius 1 is 1.39 bits per heavy atom. The van der Waals surface area contributed by atoms with Crippen LogP contribution in [0.5, 0.6) is 6.01 Å². The molecule has 0 bridgehead atoms. The molecule has 2 rings (SSSR count). The fourth-order valence-electron chi connectivity index (χ4n) is 1.88. The zero-order valence-corrected chi connectivity index (χ0v) is 10.6. The van der Waals surface area contributed by atoms with Crippen LogP contribution in [0, 0.1) is 5.92 Å². The molecule has 8 heteroatoms. The standard InChI is InChI=1S/C10H13ClN4O3/c1-18-10-13-8(11)12-9(14-10)15-4-2-6(3-5-15)7(16)17/h6H,2-5H2,1H3,(H,16,17). The Morgan fingerprint density at radius 2 is 2.06 bits per heavy atom. The molecule has 0 unspecified atom stereocenters. The van der Waals surface area contributed by atoms with E-state index < -0.39 is 5.97 Å². The summed E-state index contributed by atoms with van der Waals surface area (Å²) in [7, 11) is 1.45. The number of ether oxygens (including phenoxy) is 1. The van der Waals surface area contributed by atoms with Gasteiger partial charge < -0.3 is 14.7 Å². The number of anilines is 1. The van der Waals surface area contributed by atoms with Gasteiger partial charge in [0.1, 0.15) is 0 Å². The summed E-state index contributed by atoms with van der Waals surface area (Å²) in [6.07, 6.45) is 1.14. The Labute approximate surface area is 109 Å². The summed E-state index contributed by atoms with van der Waals surface area (Å²) < 4.78 is 4.92. The van der Waals surface area contributed by atoms with E-state index in [1.165, 1.54) is 7.11 Å². The molecule has 0 amide bonds. The van der Waals surface area contributed by atoms with Crippen LogP contribution in [-0.2, 0) is 4.79 Å². The van der Waals surface area contributed by atoms with Crippen molar-refractivity contribution in [3.63, 3.8) is 0 Å². The maximum absolute atomic E-state index is 10.9. The van der Waals surface area contributed by atoms with Gasteiger partial charge in [0.25, 0.3) is 0 Å². The molecule has 1 aromatic heterocycles. The first-order chi connectivity index (χ1) is 8.60. The van der Waals surface area contributed by atoms with Gasteiger partial charge in [-0.1, -0.05) is 0 Å². The largest absolute Gasteiger partial charge is 0.481 e. The lowest BCUT2D eigenvalue weighted by Gasteiger charge is -2.29. The Balaban J connectivity index is 2.09. The number of hydrogen-bond acceptors (Lipinski definition) is 6. The molecule has 0 spiro atoms. The molecule has 2 heterocycles. The first kappa shape index (κ1) is 12.8. The fourth-order valence-corrected chi connectivity index (χ4v) is 2.03. The van der Waals surface area contributed by atoms with Crippen molar-refractivity contribution in [3.8, 4) is 6.01 Å². The summed E-state index contributed by atoms with van der Waals surface area (Å²) >= 11 is 5.76. The van der Waals surface area contributed by atoms with Crippen molar-refractivity contribution in [2.45, 2.75) is 12.8 Å². The summed E-state index contributed by atoms with van der Waals surface area (Å²) in [5.41, 5.74) is 0. The first-order valence-electron chi connectivity index (χ1n) is 5.53. The van der Waals surface area contributed by atoms with Gasteiger partial charge in [-0.25, -0.2) is 0 Å². The molecule has 0 aliphatic carbocycles. The highest BCUT2D eigenvalue weighted by Crippen LogP contribution is 2.22. The van der Waals surface area contributed by atoms with Gasteiger partial charge in [0.2, 0.25) is 11.2 Å². The van der Waals surface area contributed by atoms with Crippen molar-refractivity contribution in [1.29, 1.82) is 0 Å². The first-order valence-corrected chi connectivity index (χ1v) is 5.91. The average Bonchev–Trinajstić information content (AvgIpc) is 2.38. The van der Waals surface area contributed by atoms with Gasteiger partial charge in [-0.15, -0.1) is 0 Å². The van der Waals surface area contributed by atoms with E-state index in [9.17, 15) is 4.79 Å². The van der Waals surface area contributed by atoms with Crippen LogP contribution >= 0.6 is 11.6 Å². The van der Waals surface area contributed by atoms with Gasteiger partial charge in [0.15, 0.2) is 0 Å². The lowest BCUT2D eigenvalue weighted by atomic mass is 9.97. The van der Waals surface area contributed by atoms with E-state index in [0.717, 1.165) is 0 Å². The number of piperidine rings is 1. The van der Waals surface area contributed by atoms with E-state index in [2.05, 4.69) is 15.0 Å². The summed E-state index contributed by atoms with van der Waals surface area (Å²) in [5, 5.41) is 8.99. The molecule has 1 saturated heterocycles. The summed E-state index contributed by atoms with van der Waals surface area (Å²) in [6, 6.07) is 0.158. The Bertz CT molecular complexity index is 449. The van der Waals surface area contributed by atoms with Crippen molar-refractivity contribution in [2.24, 2.45) is 5.92 Å². The summed E-state index contributed by atoms with van der Waals surface area (Å²) in [5.74, 6) is -0.614. The number of carboxylic acid groups (broad SMARTS) is 1. The van der Waals surface area contributed by atoms with E-state index in [0.29, 0.717) is 31.9 Å². The van der Waals surface area contributed by atoms with Gasteiger partial charge in [0.05, 0.1) is 13.0 Å². The Hall–Kier alpha value is -1.63. The van der Waals surface area contributed by atoms with Gasteiger partial charge in [-0.2, -0.15) is 15.0 Å². The predicted octanol–water partition coefficient (Wildman–Crippen LogP) is 0.835. The van der Waals surface area contributed by atoms with Crippen LogP contribution in [0.25, 0.3) is 0 Å². The number of hydrogen-bond donors (Lipinski definition) is 1. The van der Waals surface area contributed by atoms with Crippen LogP contribution in [0.3, 0.4) is 0 Å². The predicted molar refractivity (Wildman–Crippen MR) is 64.0 cm³/mol. The zero-order chi connectivity index (χ0) is 13.1. The number of aromatic nitrogens is 3. The Morgan fingerprint density at radius 3 is 2.61 bits per heavy atom. The van der Waals surface area contributed by atoms with E-state index in [4.69, 9.17) is 21.4 Å². The fraction of sp³-hybridized carbons (Fsp3) is 0.600. The lowest BCUT2D eigenvalue weighted by molar-refractivity contribution is -0.142. The SMILES string of the molecule is COc1nc(Cl)nc(N2CCC(C(=O)O)CC2)n1. The van der Waals surface area contributed by atoms with Crippen molar-refractivity contribution >= 4 is 23.5 Å². The molecule has 0 aromatic carbocycles. The minimum absolute atomic E-state index is 0.0669. The van der Waals surface area contributed by atoms with Crippen LogP contribution in [0.2, 0.25) is 5.28 Å². The van der Waals surface area contributed by atoms with Crippen LogP contribution in [0.4, 0.5) is 5.95 Å². The van der Waals surface area contributed by atoms with Crippen LogP contribution in [0.15, 0.2) is 0 Å². The summed E-state index contributed by atoms with van der Waals surface area (Å²) in [6.45, 7) is 1.17.